The summed E-state index contributed by atoms with van der Waals surface area (Å²) in [4.78, 5) is 0. The van der Waals surface area contributed by atoms with Gasteiger partial charge in [-0.1, -0.05) is 188 Å². The minimum Gasteiger partial charge on any atom is -0.343 e. The average molecular weight is 765 g/mol. The van der Waals surface area contributed by atoms with Gasteiger partial charge in [0.05, 0.1) is 11.0 Å². The number of benzene rings is 10. The van der Waals surface area contributed by atoms with Gasteiger partial charge in [0.2, 0.25) is 0 Å². The molecule has 2 aromatic heterocycles. The van der Waals surface area contributed by atoms with Gasteiger partial charge in [0, 0.05) is 57.8 Å². The summed E-state index contributed by atoms with van der Waals surface area (Å²) in [6.45, 7) is 0. The Kier molecular flexibility index (Phi) is 7.70. The van der Waals surface area contributed by atoms with Gasteiger partial charge in [0.15, 0.2) is 0 Å². The fourth-order valence-electron chi connectivity index (χ4n) is 10.4. The molecule has 2 nitrogen and oxygen atoms in total. The van der Waals surface area contributed by atoms with Crippen molar-refractivity contribution in [1.29, 1.82) is 0 Å². The van der Waals surface area contributed by atoms with Crippen molar-refractivity contribution in [3.63, 3.8) is 0 Å². The van der Waals surface area contributed by atoms with Gasteiger partial charge in [0.25, 0.3) is 0 Å². The number of rotatable bonds is 5. The van der Waals surface area contributed by atoms with Crippen LogP contribution in [0.3, 0.4) is 0 Å². The Balaban J connectivity index is 1.28. The summed E-state index contributed by atoms with van der Waals surface area (Å²) in [6.07, 6.45) is 0. The van der Waals surface area contributed by atoms with Gasteiger partial charge in [-0.2, -0.15) is 0 Å². The fraction of sp³-hybridized carbons (Fsp3) is 0.0345. The molecule has 0 atom stereocenters. The molecule has 12 rings (SSSR count). The van der Waals surface area contributed by atoms with E-state index in [0.29, 0.717) is 0 Å². The summed E-state index contributed by atoms with van der Waals surface area (Å²) in [7, 11) is 4.43. The lowest BCUT2D eigenvalue weighted by molar-refractivity contribution is 1.02. The minimum absolute atomic E-state index is 1.20. The number of nitrogens with zero attached hydrogens (tertiary/aromatic N) is 2. The van der Waals surface area contributed by atoms with Crippen molar-refractivity contribution >= 4 is 65.2 Å². The van der Waals surface area contributed by atoms with Crippen molar-refractivity contribution in [2.75, 3.05) is 0 Å². The van der Waals surface area contributed by atoms with Crippen molar-refractivity contribution in [3.8, 4) is 55.6 Å². The molecule has 2 heteroatoms. The van der Waals surface area contributed by atoms with Gasteiger partial charge in [-0.05, 0) is 84.3 Å². The van der Waals surface area contributed by atoms with Crippen molar-refractivity contribution in [2.45, 2.75) is 0 Å². The lowest BCUT2D eigenvalue weighted by Crippen LogP contribution is -1.96. The highest BCUT2D eigenvalue weighted by Crippen LogP contribution is 2.50. The Morgan fingerprint density at radius 1 is 0.250 bits per heavy atom. The molecule has 0 N–H and O–H groups in total. The molecule has 0 aliphatic heterocycles. The van der Waals surface area contributed by atoms with E-state index in [0.717, 1.165) is 0 Å². The van der Waals surface area contributed by atoms with Crippen molar-refractivity contribution in [2.24, 2.45) is 14.1 Å². The SMILES string of the molecule is Cn1c2ccccc2c2cccc(-c3cccc4c(-c5c(-c6ccccc6)cccc5-c5ccccc5)c5cccc(-c6cccc7c8ccccc8n(C)c67)c5cc34)c21. The van der Waals surface area contributed by atoms with Crippen LogP contribution in [-0.2, 0) is 14.1 Å². The molecule has 0 radical (unpaired) electrons. The molecule has 0 unspecified atom stereocenters. The van der Waals surface area contributed by atoms with Gasteiger partial charge < -0.3 is 9.13 Å². The second-order valence-electron chi connectivity index (χ2n) is 16.1. The first-order valence-corrected chi connectivity index (χ1v) is 20.8. The topological polar surface area (TPSA) is 9.86 Å². The summed E-state index contributed by atoms with van der Waals surface area (Å²) in [5.41, 5.74) is 17.2. The second kappa shape index (κ2) is 13.4. The lowest BCUT2D eigenvalue weighted by atomic mass is 9.81. The van der Waals surface area contributed by atoms with Crippen LogP contribution >= 0.6 is 0 Å². The maximum Gasteiger partial charge on any atom is 0.0568 e. The summed E-state index contributed by atoms with van der Waals surface area (Å²) in [6, 6.07) is 76.3. The van der Waals surface area contributed by atoms with Gasteiger partial charge in [-0.25, -0.2) is 0 Å². The molecule has 0 aliphatic rings. The number of aryl methyl sites for hydroxylation is 2. The van der Waals surface area contributed by atoms with Crippen LogP contribution in [0, 0.1) is 0 Å². The van der Waals surface area contributed by atoms with E-state index < -0.39 is 0 Å². The Bertz CT molecular complexity index is 3430. The average Bonchev–Trinajstić information content (AvgIpc) is 3.78. The summed E-state index contributed by atoms with van der Waals surface area (Å²) < 4.78 is 4.76. The van der Waals surface area contributed by atoms with E-state index in [9.17, 15) is 0 Å². The molecule has 0 bridgehead atoms. The van der Waals surface area contributed by atoms with E-state index in [-0.39, 0.29) is 0 Å². The molecule has 2 heterocycles. The fourth-order valence-corrected chi connectivity index (χ4v) is 10.4. The zero-order valence-corrected chi connectivity index (χ0v) is 33.5. The van der Waals surface area contributed by atoms with Gasteiger partial charge in [-0.15, -0.1) is 0 Å². The van der Waals surface area contributed by atoms with Crippen LogP contribution in [0.5, 0.6) is 0 Å². The Morgan fingerprint density at radius 2 is 0.600 bits per heavy atom. The highest BCUT2D eigenvalue weighted by molar-refractivity contribution is 6.24. The molecule has 0 saturated carbocycles. The Hall–Kier alpha value is -7.68. The standard InChI is InChI=1S/C58H40N2/c1-59-53-34-11-9-22-43(53)49-32-16-30-47(57(49)59)41-26-14-28-45-51(41)36-52-42(48-31-17-33-50-44-23-10-12-35-54(44)60(2)58(48)50)27-15-29-46(52)56(45)55-39(37-18-5-3-6-19-37)24-13-25-40(55)38-20-7-4-8-21-38/h3-36H,1-2H3. The van der Waals surface area contributed by atoms with E-state index >= 15 is 0 Å². The number of para-hydroxylation sites is 4. The molecule has 0 fully saturated rings. The predicted molar refractivity (Wildman–Crippen MR) is 257 cm³/mol. The molecule has 282 valence electrons. The van der Waals surface area contributed by atoms with E-state index in [1.165, 1.54) is 121 Å². The third kappa shape index (κ3) is 5.01. The first-order chi connectivity index (χ1) is 29.7. The Morgan fingerprint density at radius 3 is 1.07 bits per heavy atom. The molecule has 12 aromatic rings. The van der Waals surface area contributed by atoms with Gasteiger partial charge in [0.1, 0.15) is 0 Å². The molecule has 10 aromatic carbocycles. The van der Waals surface area contributed by atoms with E-state index in [1.54, 1.807) is 0 Å². The predicted octanol–water partition coefficient (Wildman–Crippen LogP) is 15.6. The summed E-state index contributed by atoms with van der Waals surface area (Å²) in [5.74, 6) is 0. The molecule has 0 spiro atoms. The van der Waals surface area contributed by atoms with Crippen LogP contribution in [0.25, 0.3) is 121 Å². The van der Waals surface area contributed by atoms with Crippen molar-refractivity contribution in [3.05, 3.63) is 206 Å². The minimum atomic E-state index is 1.20. The lowest BCUT2D eigenvalue weighted by Gasteiger charge is -2.22. The molecular formula is C58H40N2. The van der Waals surface area contributed by atoms with E-state index in [4.69, 9.17) is 0 Å². The number of aromatic nitrogens is 2. The van der Waals surface area contributed by atoms with Gasteiger partial charge >= 0.3 is 0 Å². The highest BCUT2D eigenvalue weighted by Gasteiger charge is 2.24. The van der Waals surface area contributed by atoms with Crippen LogP contribution in [0.2, 0.25) is 0 Å². The van der Waals surface area contributed by atoms with Crippen LogP contribution in [-0.4, -0.2) is 9.13 Å². The van der Waals surface area contributed by atoms with Crippen LogP contribution in [0.15, 0.2) is 206 Å². The maximum atomic E-state index is 2.50. The summed E-state index contributed by atoms with van der Waals surface area (Å²) in [5, 5.41) is 10.0. The zero-order valence-electron chi connectivity index (χ0n) is 33.5. The first-order valence-electron chi connectivity index (χ1n) is 20.8. The summed E-state index contributed by atoms with van der Waals surface area (Å²) >= 11 is 0. The largest absolute Gasteiger partial charge is 0.343 e. The van der Waals surface area contributed by atoms with Crippen LogP contribution in [0.1, 0.15) is 0 Å². The van der Waals surface area contributed by atoms with Crippen molar-refractivity contribution in [1.82, 2.24) is 9.13 Å². The van der Waals surface area contributed by atoms with E-state index in [2.05, 4.69) is 229 Å². The smallest absolute Gasteiger partial charge is 0.0568 e. The third-order valence-corrected chi connectivity index (χ3v) is 13.0. The molecule has 0 aliphatic carbocycles. The van der Waals surface area contributed by atoms with Crippen LogP contribution in [0.4, 0.5) is 0 Å². The molecule has 0 amide bonds. The third-order valence-electron chi connectivity index (χ3n) is 13.0. The monoisotopic (exact) mass is 764 g/mol. The second-order valence-corrected chi connectivity index (χ2v) is 16.1. The molecular weight excluding hydrogens is 725 g/mol. The molecule has 0 saturated heterocycles. The normalized spacial score (nSPS) is 11.8. The number of hydrogen-bond acceptors (Lipinski definition) is 0. The first kappa shape index (κ1) is 34.4. The Labute approximate surface area is 348 Å². The van der Waals surface area contributed by atoms with Gasteiger partial charge in [-0.3, -0.25) is 0 Å². The zero-order chi connectivity index (χ0) is 39.9. The van der Waals surface area contributed by atoms with E-state index in [1.807, 2.05) is 0 Å². The highest BCUT2D eigenvalue weighted by atomic mass is 14.9. The maximum absolute atomic E-state index is 2.50. The molecule has 60 heavy (non-hydrogen) atoms. The quantitative estimate of drug-likeness (QED) is 0.155. The van der Waals surface area contributed by atoms with Crippen LogP contribution < -0.4 is 0 Å². The van der Waals surface area contributed by atoms with Crippen molar-refractivity contribution < 1.29 is 0 Å². The number of fused-ring (bicyclic) bond motifs is 8. The number of hydrogen-bond donors (Lipinski definition) is 0.